The molecule has 0 N–H and O–H groups in total. The third kappa shape index (κ3) is 5.36. The second kappa shape index (κ2) is 8.93. The Bertz CT molecular complexity index is 975. The molecule has 0 spiro atoms. The largest absolute Gasteiger partial charge is 0.416 e. The molecule has 3 aromatic carbocycles. The molecule has 3 rings (SSSR count). The maximum atomic E-state index is 12.8. The summed E-state index contributed by atoms with van der Waals surface area (Å²) in [6, 6.07) is 22.4. The van der Waals surface area contributed by atoms with Gasteiger partial charge in [-0.2, -0.15) is 13.2 Å². The first-order chi connectivity index (χ1) is 13.4. The minimum absolute atomic E-state index is 0.598. The average Bonchev–Trinajstić information content (AvgIpc) is 2.69. The molecule has 0 heterocycles. The third-order valence-electron chi connectivity index (χ3n) is 4.03. The summed E-state index contributed by atoms with van der Waals surface area (Å²) in [5, 5.41) is 1.90. The summed E-state index contributed by atoms with van der Waals surface area (Å²) in [7, 11) is 0. The van der Waals surface area contributed by atoms with Gasteiger partial charge >= 0.3 is 6.18 Å². The number of rotatable bonds is 5. The number of para-hydroxylation sites is 1. The van der Waals surface area contributed by atoms with Crippen LogP contribution in [-0.4, -0.2) is 5.71 Å². The SMILES string of the molecule is Cc1ccccc1SC=CC(=Nc1ccccc1)c1ccc(C(F)(F)F)cc1. The molecule has 3 aromatic rings. The number of hydrogen-bond donors (Lipinski definition) is 0. The summed E-state index contributed by atoms with van der Waals surface area (Å²) in [6.45, 7) is 2.03. The highest BCUT2D eigenvalue weighted by atomic mass is 32.2. The molecule has 28 heavy (non-hydrogen) atoms. The van der Waals surface area contributed by atoms with Crippen LogP contribution in [0.2, 0.25) is 0 Å². The van der Waals surface area contributed by atoms with Crippen LogP contribution in [0, 0.1) is 6.92 Å². The van der Waals surface area contributed by atoms with E-state index >= 15 is 0 Å². The summed E-state index contributed by atoms with van der Waals surface area (Å²) >= 11 is 1.55. The van der Waals surface area contributed by atoms with Crippen molar-refractivity contribution in [1.82, 2.24) is 0 Å². The zero-order valence-corrected chi connectivity index (χ0v) is 16.0. The molecule has 1 nitrogen and oxygen atoms in total. The van der Waals surface area contributed by atoms with E-state index in [1.165, 1.54) is 12.1 Å². The first kappa shape index (κ1) is 20.0. The normalized spacial score (nSPS) is 12.5. The predicted octanol–water partition coefficient (Wildman–Crippen LogP) is 7.44. The molecule has 0 bridgehead atoms. The molecule has 0 saturated carbocycles. The van der Waals surface area contributed by atoms with E-state index in [-0.39, 0.29) is 0 Å². The highest BCUT2D eigenvalue weighted by molar-refractivity contribution is 8.02. The van der Waals surface area contributed by atoms with E-state index in [2.05, 4.69) is 4.99 Å². The van der Waals surface area contributed by atoms with Crippen molar-refractivity contribution in [3.05, 3.63) is 107 Å². The maximum absolute atomic E-state index is 12.8. The summed E-state index contributed by atoms with van der Waals surface area (Å²) < 4.78 is 38.5. The Labute approximate surface area is 166 Å². The first-order valence-electron chi connectivity index (χ1n) is 8.64. The van der Waals surface area contributed by atoms with Crippen LogP contribution in [0.4, 0.5) is 18.9 Å². The first-order valence-corrected chi connectivity index (χ1v) is 9.52. The molecule has 0 aromatic heterocycles. The van der Waals surface area contributed by atoms with E-state index in [0.29, 0.717) is 11.3 Å². The van der Waals surface area contributed by atoms with Crippen molar-refractivity contribution in [2.24, 2.45) is 4.99 Å². The molecule has 5 heteroatoms. The molecule has 0 amide bonds. The van der Waals surface area contributed by atoms with Gasteiger partial charge in [0, 0.05) is 10.5 Å². The lowest BCUT2D eigenvalue weighted by atomic mass is 10.1. The van der Waals surface area contributed by atoms with Crippen LogP contribution in [0.25, 0.3) is 0 Å². The van der Waals surface area contributed by atoms with E-state index in [0.717, 1.165) is 28.3 Å². The number of nitrogens with zero attached hydrogens (tertiary/aromatic N) is 1. The number of hydrogen-bond acceptors (Lipinski definition) is 2. The van der Waals surface area contributed by atoms with Crippen LogP contribution < -0.4 is 0 Å². The Balaban J connectivity index is 1.90. The standard InChI is InChI=1S/C23H18F3NS/c1-17-7-5-6-10-22(17)28-16-15-21(27-20-8-3-2-4-9-20)18-11-13-19(14-12-18)23(24,25)26/h2-16H,1H3. The van der Waals surface area contributed by atoms with Gasteiger partial charge in [0.1, 0.15) is 0 Å². The topological polar surface area (TPSA) is 12.4 Å². The Morgan fingerprint density at radius 3 is 2.14 bits per heavy atom. The molecule has 0 radical (unpaired) electrons. The molecule has 0 aliphatic rings. The Kier molecular flexibility index (Phi) is 6.37. The number of allylic oxidation sites excluding steroid dienone is 1. The van der Waals surface area contributed by atoms with Gasteiger partial charge in [-0.3, -0.25) is 0 Å². The number of thioether (sulfide) groups is 1. The second-order valence-corrected chi connectivity index (χ2v) is 7.04. The molecule has 0 fully saturated rings. The fourth-order valence-electron chi connectivity index (χ4n) is 2.53. The lowest BCUT2D eigenvalue weighted by molar-refractivity contribution is -0.137. The van der Waals surface area contributed by atoms with Gasteiger partial charge in [-0.1, -0.05) is 60.3 Å². The van der Waals surface area contributed by atoms with Crippen LogP contribution >= 0.6 is 11.8 Å². The highest BCUT2D eigenvalue weighted by Gasteiger charge is 2.30. The van der Waals surface area contributed by atoms with Crippen molar-refractivity contribution < 1.29 is 13.2 Å². The molecule has 0 aliphatic carbocycles. The van der Waals surface area contributed by atoms with Crippen LogP contribution in [0.3, 0.4) is 0 Å². The van der Waals surface area contributed by atoms with Crippen molar-refractivity contribution in [2.75, 3.05) is 0 Å². The zero-order valence-electron chi connectivity index (χ0n) is 15.1. The highest BCUT2D eigenvalue weighted by Crippen LogP contribution is 2.29. The molecule has 0 unspecified atom stereocenters. The fourth-order valence-corrected chi connectivity index (χ4v) is 3.28. The summed E-state index contributed by atoms with van der Waals surface area (Å²) in [6.07, 6.45) is -2.53. The van der Waals surface area contributed by atoms with Crippen molar-refractivity contribution >= 4 is 23.2 Å². The summed E-state index contributed by atoms with van der Waals surface area (Å²) in [4.78, 5) is 5.73. The van der Waals surface area contributed by atoms with Crippen molar-refractivity contribution in [1.29, 1.82) is 0 Å². The molecular formula is C23H18F3NS. The van der Waals surface area contributed by atoms with Crippen molar-refractivity contribution in [2.45, 2.75) is 18.0 Å². The predicted molar refractivity (Wildman–Crippen MR) is 110 cm³/mol. The lowest BCUT2D eigenvalue weighted by Crippen LogP contribution is -2.05. The Hall–Kier alpha value is -2.79. The van der Waals surface area contributed by atoms with Crippen molar-refractivity contribution in [3.63, 3.8) is 0 Å². The van der Waals surface area contributed by atoms with Crippen LogP contribution in [0.1, 0.15) is 16.7 Å². The molecule has 0 aliphatic heterocycles. The molecule has 142 valence electrons. The lowest BCUT2D eigenvalue weighted by Gasteiger charge is -2.08. The minimum atomic E-state index is -4.36. The number of aryl methyl sites for hydroxylation is 1. The van der Waals surface area contributed by atoms with E-state index in [4.69, 9.17) is 0 Å². The summed E-state index contributed by atoms with van der Waals surface area (Å²) in [5.74, 6) is 0. The van der Waals surface area contributed by atoms with Gasteiger partial charge in [0.15, 0.2) is 0 Å². The molecule has 0 atom stereocenters. The summed E-state index contributed by atoms with van der Waals surface area (Å²) in [5.41, 5.74) is 2.45. The monoisotopic (exact) mass is 397 g/mol. The number of aliphatic imine (C=N–C) groups is 1. The van der Waals surface area contributed by atoms with Gasteiger partial charge in [0.2, 0.25) is 0 Å². The quantitative estimate of drug-likeness (QED) is 0.322. The Morgan fingerprint density at radius 1 is 0.857 bits per heavy atom. The van der Waals surface area contributed by atoms with Crippen LogP contribution in [0.15, 0.2) is 100 Å². The van der Waals surface area contributed by atoms with Crippen LogP contribution in [-0.2, 0) is 6.18 Å². The van der Waals surface area contributed by atoms with E-state index < -0.39 is 11.7 Å². The third-order valence-corrected chi connectivity index (χ3v) is 5.01. The van der Waals surface area contributed by atoms with E-state index in [9.17, 15) is 13.2 Å². The van der Waals surface area contributed by atoms with Crippen LogP contribution in [0.5, 0.6) is 0 Å². The van der Waals surface area contributed by atoms with Gasteiger partial charge in [-0.25, -0.2) is 4.99 Å². The average molecular weight is 397 g/mol. The number of halogens is 3. The maximum Gasteiger partial charge on any atom is 0.416 e. The minimum Gasteiger partial charge on any atom is -0.248 e. The van der Waals surface area contributed by atoms with Gasteiger partial charge in [-0.05, 0) is 54.3 Å². The van der Waals surface area contributed by atoms with E-state index in [1.54, 1.807) is 11.8 Å². The second-order valence-electron chi connectivity index (χ2n) is 6.09. The van der Waals surface area contributed by atoms with Gasteiger partial charge in [0.25, 0.3) is 0 Å². The number of alkyl halides is 3. The number of benzene rings is 3. The smallest absolute Gasteiger partial charge is 0.248 e. The zero-order chi connectivity index (χ0) is 20.0. The Morgan fingerprint density at radius 2 is 1.50 bits per heavy atom. The van der Waals surface area contributed by atoms with Gasteiger partial charge in [0.05, 0.1) is 17.0 Å². The van der Waals surface area contributed by atoms with Crippen molar-refractivity contribution in [3.8, 4) is 0 Å². The van der Waals surface area contributed by atoms with Gasteiger partial charge in [-0.15, -0.1) is 0 Å². The van der Waals surface area contributed by atoms with Gasteiger partial charge < -0.3 is 0 Å². The fraction of sp³-hybridized carbons (Fsp3) is 0.0870. The van der Waals surface area contributed by atoms with E-state index in [1.807, 2.05) is 73.0 Å². The molecule has 0 saturated heterocycles. The molecular weight excluding hydrogens is 379 g/mol.